The van der Waals surface area contributed by atoms with Crippen molar-refractivity contribution in [1.29, 1.82) is 5.26 Å². The van der Waals surface area contributed by atoms with Crippen LogP contribution in [0.3, 0.4) is 0 Å². The Morgan fingerprint density at radius 3 is 3.03 bits per heavy atom. The SMILES string of the molecule is Cc1c(C(O)CN2CCc3nc(-n4cc(C#N)c5ncccc54)ncc3C2)ccc2c1COC2=O. The van der Waals surface area contributed by atoms with Gasteiger partial charge in [0.1, 0.15) is 18.2 Å². The van der Waals surface area contributed by atoms with Crippen LogP contribution in [0.2, 0.25) is 0 Å². The fraction of sp³-hybridized carbons (Fsp3) is 0.269. The molecular weight excluding hydrogens is 444 g/mol. The van der Waals surface area contributed by atoms with Gasteiger partial charge in [0.2, 0.25) is 5.95 Å². The average molecular weight is 467 g/mol. The lowest BCUT2D eigenvalue weighted by Gasteiger charge is -2.30. The second-order valence-corrected chi connectivity index (χ2v) is 8.92. The Balaban J connectivity index is 1.22. The van der Waals surface area contributed by atoms with Crippen molar-refractivity contribution in [2.24, 2.45) is 0 Å². The molecule has 2 aliphatic rings. The summed E-state index contributed by atoms with van der Waals surface area (Å²) < 4.78 is 6.94. The number of rotatable bonds is 4. The number of fused-ring (bicyclic) bond motifs is 3. The third-order valence-corrected chi connectivity index (χ3v) is 6.89. The zero-order chi connectivity index (χ0) is 24.1. The Labute approximate surface area is 201 Å². The number of ether oxygens (including phenoxy) is 1. The van der Waals surface area contributed by atoms with E-state index in [1.54, 1.807) is 18.5 Å². The lowest BCUT2D eigenvalue weighted by Crippen LogP contribution is -2.35. The molecule has 1 atom stereocenters. The van der Waals surface area contributed by atoms with Crippen LogP contribution in [0.1, 0.15) is 50.0 Å². The number of cyclic esters (lactones) is 1. The smallest absolute Gasteiger partial charge is 0.338 e. The number of benzene rings is 1. The Hall–Kier alpha value is -4.13. The number of aromatic nitrogens is 4. The van der Waals surface area contributed by atoms with E-state index in [0.717, 1.165) is 46.4 Å². The van der Waals surface area contributed by atoms with Gasteiger partial charge in [0.05, 0.1) is 28.4 Å². The van der Waals surface area contributed by atoms with Crippen molar-refractivity contribution in [3.63, 3.8) is 0 Å². The van der Waals surface area contributed by atoms with E-state index >= 15 is 0 Å². The second kappa shape index (κ2) is 8.27. The van der Waals surface area contributed by atoms with Crippen molar-refractivity contribution in [2.45, 2.75) is 32.6 Å². The molecule has 0 spiro atoms. The monoisotopic (exact) mass is 466 g/mol. The number of aliphatic hydroxyl groups excluding tert-OH is 1. The number of carbonyl (C=O) groups excluding carboxylic acids is 1. The van der Waals surface area contributed by atoms with Crippen molar-refractivity contribution in [2.75, 3.05) is 13.1 Å². The fourth-order valence-corrected chi connectivity index (χ4v) is 5.01. The predicted octanol–water partition coefficient (Wildman–Crippen LogP) is 2.76. The standard InChI is InChI=1S/C26H22N6O3/c1-15-18(4-5-19-20(15)14-35-25(19)34)23(33)13-31-8-6-21-17(11-31)10-29-26(30-21)32-12-16(9-27)24-22(32)3-2-7-28-24/h2-5,7,10,12,23,33H,6,8,11,13-14H2,1H3. The molecule has 0 bridgehead atoms. The van der Waals surface area contributed by atoms with E-state index in [4.69, 9.17) is 9.72 Å². The molecule has 3 aromatic heterocycles. The first-order chi connectivity index (χ1) is 17.0. The number of β-amino-alcohol motifs (C(OH)–C–C–N with tert-alkyl or cyclic N) is 1. The molecule has 1 unspecified atom stereocenters. The molecule has 35 heavy (non-hydrogen) atoms. The Kier molecular flexibility index (Phi) is 5.06. The maximum atomic E-state index is 11.8. The van der Waals surface area contributed by atoms with Crippen molar-refractivity contribution >= 4 is 17.0 Å². The van der Waals surface area contributed by atoms with Crippen LogP contribution >= 0.6 is 0 Å². The average Bonchev–Trinajstić information content (AvgIpc) is 3.45. The van der Waals surface area contributed by atoms with Gasteiger partial charge in [0.25, 0.3) is 0 Å². The minimum atomic E-state index is -0.680. The summed E-state index contributed by atoms with van der Waals surface area (Å²) in [5, 5.41) is 20.4. The van der Waals surface area contributed by atoms with Crippen LogP contribution in [0.4, 0.5) is 0 Å². The van der Waals surface area contributed by atoms with Crippen molar-refractivity contribution in [3.05, 3.63) is 81.9 Å². The quantitative estimate of drug-likeness (QED) is 0.456. The van der Waals surface area contributed by atoms with Crippen molar-refractivity contribution < 1.29 is 14.6 Å². The first-order valence-electron chi connectivity index (χ1n) is 11.4. The largest absolute Gasteiger partial charge is 0.457 e. The molecule has 5 heterocycles. The molecule has 0 saturated heterocycles. The molecule has 0 radical (unpaired) electrons. The van der Waals surface area contributed by atoms with Crippen LogP contribution < -0.4 is 0 Å². The van der Waals surface area contributed by atoms with E-state index in [-0.39, 0.29) is 12.6 Å². The van der Waals surface area contributed by atoms with E-state index in [9.17, 15) is 15.2 Å². The zero-order valence-corrected chi connectivity index (χ0v) is 19.1. The zero-order valence-electron chi connectivity index (χ0n) is 19.1. The summed E-state index contributed by atoms with van der Waals surface area (Å²) in [5.74, 6) is 0.214. The van der Waals surface area contributed by atoms with Gasteiger partial charge >= 0.3 is 5.97 Å². The molecule has 0 aliphatic carbocycles. The van der Waals surface area contributed by atoms with Crippen LogP contribution in [-0.4, -0.2) is 48.6 Å². The first-order valence-corrected chi connectivity index (χ1v) is 11.4. The summed E-state index contributed by atoms with van der Waals surface area (Å²) in [6.07, 6.45) is 5.27. The number of nitrogens with zero attached hydrogens (tertiary/aromatic N) is 6. The summed E-state index contributed by atoms with van der Waals surface area (Å²) in [4.78, 5) is 27.7. The highest BCUT2D eigenvalue weighted by Crippen LogP contribution is 2.30. The van der Waals surface area contributed by atoms with E-state index in [0.29, 0.717) is 35.7 Å². The lowest BCUT2D eigenvalue weighted by atomic mass is 9.95. The van der Waals surface area contributed by atoms with Gasteiger partial charge in [-0.1, -0.05) is 6.07 Å². The maximum Gasteiger partial charge on any atom is 0.338 e. The lowest BCUT2D eigenvalue weighted by molar-refractivity contribution is 0.0535. The molecule has 9 heteroatoms. The van der Waals surface area contributed by atoms with E-state index in [2.05, 4.69) is 20.9 Å². The second-order valence-electron chi connectivity index (χ2n) is 8.92. The summed E-state index contributed by atoms with van der Waals surface area (Å²) in [6, 6.07) is 9.49. The predicted molar refractivity (Wildman–Crippen MR) is 126 cm³/mol. The number of pyridine rings is 1. The van der Waals surface area contributed by atoms with Crippen molar-refractivity contribution in [3.8, 4) is 12.0 Å². The highest BCUT2D eigenvalue weighted by atomic mass is 16.5. The molecule has 0 fully saturated rings. The van der Waals surface area contributed by atoms with Gasteiger partial charge in [-0.3, -0.25) is 14.5 Å². The summed E-state index contributed by atoms with van der Waals surface area (Å²) in [7, 11) is 0. The van der Waals surface area contributed by atoms with E-state index < -0.39 is 6.10 Å². The number of carbonyl (C=O) groups is 1. The maximum absolute atomic E-state index is 11.8. The topological polar surface area (TPSA) is 117 Å². The number of hydrogen-bond donors (Lipinski definition) is 1. The highest BCUT2D eigenvalue weighted by molar-refractivity contribution is 5.94. The van der Waals surface area contributed by atoms with Crippen LogP contribution in [0.5, 0.6) is 0 Å². The Morgan fingerprint density at radius 2 is 2.17 bits per heavy atom. The van der Waals surface area contributed by atoms with Crippen molar-refractivity contribution in [1.82, 2.24) is 24.4 Å². The van der Waals surface area contributed by atoms with Crippen LogP contribution in [0.15, 0.2) is 42.9 Å². The van der Waals surface area contributed by atoms with Gasteiger partial charge in [-0.25, -0.2) is 14.8 Å². The molecular formula is C26H22N6O3. The summed E-state index contributed by atoms with van der Waals surface area (Å²) >= 11 is 0. The molecule has 0 amide bonds. The third-order valence-electron chi connectivity index (χ3n) is 6.89. The Bertz CT molecular complexity index is 1540. The first kappa shape index (κ1) is 21.4. The number of hydrogen-bond acceptors (Lipinski definition) is 8. The van der Waals surface area contributed by atoms with Gasteiger partial charge in [0, 0.05) is 55.8 Å². The van der Waals surface area contributed by atoms with Crippen LogP contribution in [-0.2, 0) is 24.3 Å². The normalized spacial score (nSPS) is 16.0. The molecule has 1 aromatic carbocycles. The molecule has 6 rings (SSSR count). The van der Waals surface area contributed by atoms with Gasteiger partial charge in [-0.05, 0) is 36.2 Å². The number of esters is 1. The Morgan fingerprint density at radius 1 is 1.29 bits per heavy atom. The molecule has 0 saturated carbocycles. The summed E-state index contributed by atoms with van der Waals surface area (Å²) in [5.41, 5.74) is 7.09. The van der Waals surface area contributed by atoms with Gasteiger partial charge in [-0.15, -0.1) is 0 Å². The van der Waals surface area contributed by atoms with Gasteiger partial charge in [-0.2, -0.15) is 5.26 Å². The van der Waals surface area contributed by atoms with Gasteiger partial charge in [0.15, 0.2) is 0 Å². The summed E-state index contributed by atoms with van der Waals surface area (Å²) in [6.45, 7) is 4.05. The van der Waals surface area contributed by atoms with Crippen LogP contribution in [0.25, 0.3) is 17.0 Å². The third kappa shape index (κ3) is 3.55. The van der Waals surface area contributed by atoms with E-state index in [1.807, 2.05) is 35.9 Å². The molecule has 4 aromatic rings. The number of nitriles is 1. The fourth-order valence-electron chi connectivity index (χ4n) is 5.01. The highest BCUT2D eigenvalue weighted by Gasteiger charge is 2.27. The molecule has 2 aliphatic heterocycles. The van der Waals surface area contributed by atoms with E-state index in [1.165, 1.54) is 0 Å². The molecule has 9 nitrogen and oxygen atoms in total. The molecule has 1 N–H and O–H groups in total. The number of aliphatic hydroxyl groups is 1. The minimum absolute atomic E-state index is 0.264. The minimum Gasteiger partial charge on any atom is -0.457 e. The van der Waals surface area contributed by atoms with Gasteiger partial charge < -0.3 is 9.84 Å². The van der Waals surface area contributed by atoms with Crippen LogP contribution in [0, 0.1) is 18.3 Å². The molecule has 174 valence electrons.